The molecule has 1 amide bonds. The fourth-order valence-corrected chi connectivity index (χ4v) is 3.12. The Morgan fingerprint density at radius 2 is 2.00 bits per heavy atom. The van der Waals surface area contributed by atoms with E-state index in [1.165, 1.54) is 11.0 Å². The van der Waals surface area contributed by atoms with Crippen LogP contribution in [-0.2, 0) is 17.8 Å². The second kappa shape index (κ2) is 8.55. The molecule has 1 heterocycles. The largest absolute Gasteiger partial charge is 0.441 e. The lowest BCUT2D eigenvalue weighted by Crippen LogP contribution is -2.26. The first kappa shape index (κ1) is 19.4. The van der Waals surface area contributed by atoms with E-state index in [0.29, 0.717) is 39.2 Å². The van der Waals surface area contributed by atoms with Crippen LogP contribution in [0, 0.1) is 5.82 Å². The fraction of sp³-hybridized carbons (Fsp3) is 0.200. The minimum Gasteiger partial charge on any atom is -0.441 e. The van der Waals surface area contributed by atoms with E-state index in [-0.39, 0.29) is 24.7 Å². The Bertz CT molecular complexity index is 959. The van der Waals surface area contributed by atoms with Crippen LogP contribution in [0.5, 0.6) is 0 Å². The summed E-state index contributed by atoms with van der Waals surface area (Å²) in [4.78, 5) is 18.0. The first-order chi connectivity index (χ1) is 12.9. The number of oxazole rings is 1. The van der Waals surface area contributed by atoms with Gasteiger partial charge in [0.15, 0.2) is 11.7 Å². The van der Waals surface area contributed by atoms with Gasteiger partial charge in [-0.3, -0.25) is 4.79 Å². The molecule has 0 aliphatic carbocycles. The van der Waals surface area contributed by atoms with Crippen molar-refractivity contribution in [2.75, 3.05) is 7.05 Å². The first-order valence-electron chi connectivity index (χ1n) is 8.31. The smallest absolute Gasteiger partial charge is 0.223 e. The molecule has 3 rings (SSSR count). The maximum absolute atomic E-state index is 13.7. The molecule has 0 fully saturated rings. The molecule has 0 radical (unpaired) electrons. The number of benzene rings is 2. The molecule has 0 aliphatic heterocycles. The Kier molecular flexibility index (Phi) is 6.14. The van der Waals surface area contributed by atoms with Gasteiger partial charge >= 0.3 is 0 Å². The van der Waals surface area contributed by atoms with Gasteiger partial charge in [-0.15, -0.1) is 0 Å². The van der Waals surface area contributed by atoms with Crippen molar-refractivity contribution in [3.8, 4) is 11.3 Å². The van der Waals surface area contributed by atoms with Crippen LogP contribution in [0.25, 0.3) is 11.3 Å². The van der Waals surface area contributed by atoms with E-state index < -0.39 is 0 Å². The van der Waals surface area contributed by atoms with Gasteiger partial charge < -0.3 is 9.32 Å². The Morgan fingerprint density at radius 1 is 1.22 bits per heavy atom. The van der Waals surface area contributed by atoms with E-state index in [9.17, 15) is 9.18 Å². The number of nitrogens with zero attached hydrogens (tertiary/aromatic N) is 2. The van der Waals surface area contributed by atoms with Gasteiger partial charge in [0.25, 0.3) is 0 Å². The van der Waals surface area contributed by atoms with Gasteiger partial charge in [-0.2, -0.15) is 0 Å². The molecule has 0 unspecified atom stereocenters. The predicted octanol–water partition coefficient (Wildman–Crippen LogP) is 5.38. The van der Waals surface area contributed by atoms with Crippen LogP contribution in [0.15, 0.2) is 53.1 Å². The summed E-state index contributed by atoms with van der Waals surface area (Å²) in [6.45, 7) is 0.211. The summed E-state index contributed by atoms with van der Waals surface area (Å²) >= 11 is 12.1. The second-order valence-corrected chi connectivity index (χ2v) is 6.93. The minimum atomic E-state index is -0.325. The summed E-state index contributed by atoms with van der Waals surface area (Å²) in [5.41, 5.74) is 1.16. The van der Waals surface area contributed by atoms with E-state index in [1.807, 2.05) is 0 Å². The molecular formula is C20H17Cl2FN2O2. The zero-order valence-electron chi connectivity index (χ0n) is 14.6. The highest BCUT2D eigenvalue weighted by Crippen LogP contribution is 2.30. The van der Waals surface area contributed by atoms with Gasteiger partial charge in [-0.05, 0) is 24.3 Å². The van der Waals surface area contributed by atoms with Crippen LogP contribution in [-0.4, -0.2) is 22.8 Å². The quantitative estimate of drug-likeness (QED) is 0.551. The highest BCUT2D eigenvalue weighted by atomic mass is 35.5. The van der Waals surface area contributed by atoms with Crippen molar-refractivity contribution in [3.63, 3.8) is 0 Å². The van der Waals surface area contributed by atoms with Crippen molar-refractivity contribution in [3.05, 3.63) is 76.0 Å². The van der Waals surface area contributed by atoms with Gasteiger partial charge in [0.2, 0.25) is 5.91 Å². The third-order valence-corrected chi connectivity index (χ3v) is 4.64. The number of hydrogen-bond donors (Lipinski definition) is 0. The topological polar surface area (TPSA) is 46.3 Å². The second-order valence-electron chi connectivity index (χ2n) is 6.08. The molecule has 0 N–H and O–H groups in total. The highest BCUT2D eigenvalue weighted by molar-refractivity contribution is 6.36. The standard InChI is InChI=1S/C20H17Cl2FN2O2/c1-25(12-13-4-2-3-5-17(13)23)20(26)9-8-19-24-11-18(27-19)15-7-6-14(21)10-16(15)22/h2-7,10-11H,8-9,12H2,1H3. The molecule has 0 spiro atoms. The molecule has 0 aliphatic rings. The fourth-order valence-electron chi connectivity index (χ4n) is 2.61. The molecule has 0 atom stereocenters. The monoisotopic (exact) mass is 406 g/mol. The summed E-state index contributed by atoms with van der Waals surface area (Å²) in [7, 11) is 1.64. The average molecular weight is 407 g/mol. The molecule has 27 heavy (non-hydrogen) atoms. The lowest BCUT2D eigenvalue weighted by Gasteiger charge is -2.17. The van der Waals surface area contributed by atoms with Crippen LogP contribution < -0.4 is 0 Å². The summed E-state index contributed by atoms with van der Waals surface area (Å²) in [5, 5.41) is 0.998. The van der Waals surface area contributed by atoms with Gasteiger partial charge in [0, 0.05) is 42.6 Å². The normalized spacial score (nSPS) is 10.8. The lowest BCUT2D eigenvalue weighted by atomic mass is 10.2. The molecule has 0 saturated carbocycles. The SMILES string of the molecule is CN(Cc1ccccc1F)C(=O)CCc1ncc(-c2ccc(Cl)cc2Cl)o1. The van der Waals surface area contributed by atoms with Gasteiger partial charge in [-0.25, -0.2) is 9.37 Å². The van der Waals surface area contributed by atoms with Crippen LogP contribution >= 0.6 is 23.2 Å². The zero-order chi connectivity index (χ0) is 19.4. The zero-order valence-corrected chi connectivity index (χ0v) is 16.1. The first-order valence-corrected chi connectivity index (χ1v) is 9.07. The number of aryl methyl sites for hydroxylation is 1. The third kappa shape index (κ3) is 4.87. The van der Waals surface area contributed by atoms with Gasteiger partial charge in [0.1, 0.15) is 5.82 Å². The molecule has 0 bridgehead atoms. The lowest BCUT2D eigenvalue weighted by molar-refractivity contribution is -0.130. The Balaban J connectivity index is 1.59. The summed E-state index contributed by atoms with van der Waals surface area (Å²) in [6.07, 6.45) is 2.11. The van der Waals surface area contributed by atoms with Gasteiger partial charge in [-0.1, -0.05) is 41.4 Å². The number of carbonyl (C=O) groups excluding carboxylic acids is 1. The molecule has 140 valence electrons. The van der Waals surface area contributed by atoms with Crippen LogP contribution in [0.4, 0.5) is 4.39 Å². The van der Waals surface area contributed by atoms with Crippen LogP contribution in [0.1, 0.15) is 17.9 Å². The van der Waals surface area contributed by atoms with Crippen molar-refractivity contribution in [1.82, 2.24) is 9.88 Å². The minimum absolute atomic E-state index is 0.123. The maximum Gasteiger partial charge on any atom is 0.223 e. The number of carbonyl (C=O) groups is 1. The molecule has 3 aromatic rings. The van der Waals surface area contributed by atoms with Crippen molar-refractivity contribution < 1.29 is 13.6 Å². The number of hydrogen-bond acceptors (Lipinski definition) is 3. The van der Waals surface area contributed by atoms with Crippen LogP contribution in [0.3, 0.4) is 0 Å². The summed E-state index contributed by atoms with van der Waals surface area (Å²) in [6, 6.07) is 11.5. The Labute approximate surface area is 166 Å². The molecular weight excluding hydrogens is 390 g/mol. The van der Waals surface area contributed by atoms with E-state index >= 15 is 0 Å². The van der Waals surface area contributed by atoms with Crippen molar-refractivity contribution in [1.29, 1.82) is 0 Å². The Morgan fingerprint density at radius 3 is 2.74 bits per heavy atom. The third-order valence-electron chi connectivity index (χ3n) is 4.09. The van der Waals surface area contributed by atoms with E-state index in [0.717, 1.165) is 0 Å². The van der Waals surface area contributed by atoms with E-state index in [1.54, 1.807) is 49.6 Å². The van der Waals surface area contributed by atoms with Crippen LogP contribution in [0.2, 0.25) is 10.0 Å². The predicted molar refractivity (Wildman–Crippen MR) is 103 cm³/mol. The molecule has 7 heteroatoms. The maximum atomic E-state index is 13.7. The summed E-state index contributed by atoms with van der Waals surface area (Å²) < 4.78 is 19.4. The van der Waals surface area contributed by atoms with Crippen molar-refractivity contribution >= 4 is 29.1 Å². The van der Waals surface area contributed by atoms with Gasteiger partial charge in [0.05, 0.1) is 11.2 Å². The summed E-state index contributed by atoms with van der Waals surface area (Å²) in [5.74, 6) is 0.499. The van der Waals surface area contributed by atoms with Crippen molar-refractivity contribution in [2.24, 2.45) is 0 Å². The molecule has 1 aromatic heterocycles. The van der Waals surface area contributed by atoms with E-state index in [2.05, 4.69) is 4.98 Å². The molecule has 0 saturated heterocycles. The van der Waals surface area contributed by atoms with E-state index in [4.69, 9.17) is 27.6 Å². The number of amides is 1. The highest BCUT2D eigenvalue weighted by Gasteiger charge is 2.15. The molecule has 2 aromatic carbocycles. The number of halogens is 3. The number of rotatable bonds is 6. The Hall–Kier alpha value is -2.37. The molecule has 4 nitrogen and oxygen atoms in total. The number of aromatic nitrogens is 1. The average Bonchev–Trinajstić information content (AvgIpc) is 3.10. The van der Waals surface area contributed by atoms with Crippen molar-refractivity contribution in [2.45, 2.75) is 19.4 Å².